The molecule has 312 valence electrons. The van der Waals surface area contributed by atoms with Crippen molar-refractivity contribution in [1.82, 2.24) is 0 Å². The number of rotatable bonds is 7. The summed E-state index contributed by atoms with van der Waals surface area (Å²) in [6.45, 7) is 4.72. The van der Waals surface area contributed by atoms with Crippen LogP contribution in [0.3, 0.4) is 0 Å². The third-order valence-corrected chi connectivity index (χ3v) is 15.8. The molecule has 0 spiro atoms. The molecule has 10 aromatic carbocycles. The summed E-state index contributed by atoms with van der Waals surface area (Å²) in [5.41, 5.74) is 20.7. The quantitative estimate of drug-likeness (QED) is 0.154. The van der Waals surface area contributed by atoms with Gasteiger partial charge >= 0.3 is 0 Å². The van der Waals surface area contributed by atoms with Gasteiger partial charge in [0, 0.05) is 42.5 Å². The second-order valence-corrected chi connectivity index (χ2v) is 19.4. The van der Waals surface area contributed by atoms with Gasteiger partial charge in [0.15, 0.2) is 0 Å². The monoisotopic (exact) mass is 859 g/mol. The number of nitrogens with zero attached hydrogens (tertiary/aromatic N) is 1. The van der Waals surface area contributed by atoms with Crippen LogP contribution in [0.4, 0.5) is 17.1 Å². The number of hydrogen-bond donors (Lipinski definition) is 0. The fourth-order valence-corrected chi connectivity index (χ4v) is 12.8. The molecule has 11 aromatic rings. The molecule has 1 heterocycles. The van der Waals surface area contributed by atoms with Crippen LogP contribution in [0.1, 0.15) is 47.2 Å². The van der Waals surface area contributed by atoms with Gasteiger partial charge < -0.3 is 4.90 Å². The predicted molar refractivity (Wildman–Crippen MR) is 280 cm³/mol. The Balaban J connectivity index is 1.02. The van der Waals surface area contributed by atoms with E-state index in [0.29, 0.717) is 0 Å². The van der Waals surface area contributed by atoms with Crippen molar-refractivity contribution in [1.29, 1.82) is 0 Å². The molecule has 0 atom stereocenters. The molecule has 0 unspecified atom stereocenters. The average molecular weight is 860 g/mol. The van der Waals surface area contributed by atoms with E-state index < -0.39 is 5.41 Å². The lowest BCUT2D eigenvalue weighted by atomic mass is 9.68. The van der Waals surface area contributed by atoms with Crippen molar-refractivity contribution >= 4 is 48.6 Å². The van der Waals surface area contributed by atoms with Crippen LogP contribution >= 0.6 is 11.3 Å². The molecule has 13 rings (SSSR count). The van der Waals surface area contributed by atoms with Crippen molar-refractivity contribution in [3.63, 3.8) is 0 Å². The van der Waals surface area contributed by atoms with Crippen LogP contribution in [0, 0.1) is 0 Å². The zero-order valence-electron chi connectivity index (χ0n) is 36.9. The molecule has 0 aliphatic heterocycles. The van der Waals surface area contributed by atoms with Crippen LogP contribution in [0.5, 0.6) is 0 Å². The van der Waals surface area contributed by atoms with Crippen LogP contribution in [0.25, 0.3) is 64.7 Å². The summed E-state index contributed by atoms with van der Waals surface area (Å²) in [5, 5.41) is 2.62. The highest BCUT2D eigenvalue weighted by atomic mass is 32.1. The number of thiophene rings is 1. The number of anilines is 3. The Kier molecular flexibility index (Phi) is 8.72. The molecule has 2 aliphatic carbocycles. The van der Waals surface area contributed by atoms with Crippen LogP contribution in [0.2, 0.25) is 0 Å². The van der Waals surface area contributed by atoms with Gasteiger partial charge in [-0.3, -0.25) is 0 Å². The van der Waals surface area contributed by atoms with Crippen LogP contribution in [-0.4, -0.2) is 0 Å². The Hall–Kier alpha value is -7.78. The fourth-order valence-electron chi connectivity index (χ4n) is 11.6. The lowest BCUT2D eigenvalue weighted by Gasteiger charge is -2.34. The molecule has 0 saturated carbocycles. The van der Waals surface area contributed by atoms with Gasteiger partial charge in [-0.05, 0) is 115 Å². The van der Waals surface area contributed by atoms with E-state index in [0.717, 1.165) is 17.1 Å². The Bertz CT molecular complexity index is 3630. The van der Waals surface area contributed by atoms with E-state index in [2.05, 4.69) is 255 Å². The first-order chi connectivity index (χ1) is 32.5. The molecule has 2 aliphatic rings. The van der Waals surface area contributed by atoms with Crippen molar-refractivity contribution in [2.45, 2.75) is 24.7 Å². The molecule has 1 nitrogen and oxygen atoms in total. The summed E-state index contributed by atoms with van der Waals surface area (Å²) in [4.78, 5) is 2.50. The summed E-state index contributed by atoms with van der Waals surface area (Å²) < 4.78 is 2.63. The summed E-state index contributed by atoms with van der Waals surface area (Å²) in [6, 6.07) is 88.2. The summed E-state index contributed by atoms with van der Waals surface area (Å²) in [7, 11) is 0. The van der Waals surface area contributed by atoms with E-state index in [4.69, 9.17) is 0 Å². The molecule has 0 N–H and O–H groups in total. The molecule has 1 aromatic heterocycles. The zero-order chi connectivity index (χ0) is 44.0. The van der Waals surface area contributed by atoms with E-state index in [-0.39, 0.29) is 5.41 Å². The van der Waals surface area contributed by atoms with Gasteiger partial charge in [0.1, 0.15) is 0 Å². The maximum Gasteiger partial charge on any atom is 0.0714 e. The summed E-state index contributed by atoms with van der Waals surface area (Å²) in [6.07, 6.45) is 0. The Morgan fingerprint density at radius 1 is 0.364 bits per heavy atom. The average Bonchev–Trinajstić information content (AvgIpc) is 3.99. The van der Waals surface area contributed by atoms with E-state index in [9.17, 15) is 0 Å². The smallest absolute Gasteiger partial charge is 0.0714 e. The largest absolute Gasteiger partial charge is 0.310 e. The third kappa shape index (κ3) is 5.65. The van der Waals surface area contributed by atoms with Crippen molar-refractivity contribution in [3.05, 3.63) is 270 Å². The molecular weight excluding hydrogens is 815 g/mol. The van der Waals surface area contributed by atoms with Crippen molar-refractivity contribution in [2.75, 3.05) is 4.90 Å². The Morgan fingerprint density at radius 2 is 0.955 bits per heavy atom. The molecule has 0 bridgehead atoms. The van der Waals surface area contributed by atoms with E-state index in [1.54, 1.807) is 0 Å². The third-order valence-electron chi connectivity index (χ3n) is 14.6. The maximum absolute atomic E-state index is 2.50. The first kappa shape index (κ1) is 38.7. The van der Waals surface area contributed by atoms with Crippen LogP contribution in [-0.2, 0) is 10.8 Å². The van der Waals surface area contributed by atoms with Crippen LogP contribution in [0.15, 0.2) is 237 Å². The SMILES string of the molecule is CC1(C)c2ccccc2-c2ccc(-c3ccc(N(c4cccc(-c5cccc6c5sc5ccccc56)c4)c4cccc5c4-c4ccccc4C5(c4ccccc4)c4ccccc4)cc3)cc21. The highest BCUT2D eigenvalue weighted by Crippen LogP contribution is 2.60. The molecule has 0 amide bonds. The highest BCUT2D eigenvalue weighted by Gasteiger charge is 2.47. The predicted octanol–water partition coefficient (Wildman–Crippen LogP) is 17.5. The highest BCUT2D eigenvalue weighted by molar-refractivity contribution is 7.26. The van der Waals surface area contributed by atoms with Gasteiger partial charge in [0.25, 0.3) is 0 Å². The van der Waals surface area contributed by atoms with E-state index >= 15 is 0 Å². The topological polar surface area (TPSA) is 3.24 Å². The van der Waals surface area contributed by atoms with Crippen LogP contribution < -0.4 is 4.90 Å². The molecule has 2 heteroatoms. The van der Waals surface area contributed by atoms with E-state index in [1.807, 2.05) is 11.3 Å². The minimum absolute atomic E-state index is 0.0669. The lowest BCUT2D eigenvalue weighted by molar-refractivity contribution is 0.660. The lowest BCUT2D eigenvalue weighted by Crippen LogP contribution is -2.28. The normalized spacial score (nSPS) is 13.8. The maximum atomic E-state index is 2.50. The summed E-state index contributed by atoms with van der Waals surface area (Å²) >= 11 is 1.88. The first-order valence-electron chi connectivity index (χ1n) is 23.0. The van der Waals surface area contributed by atoms with Gasteiger partial charge in [-0.25, -0.2) is 0 Å². The number of hydrogen-bond acceptors (Lipinski definition) is 2. The zero-order valence-corrected chi connectivity index (χ0v) is 37.7. The van der Waals surface area contributed by atoms with Crippen molar-refractivity contribution in [2.24, 2.45) is 0 Å². The Morgan fingerprint density at radius 3 is 1.74 bits per heavy atom. The molecule has 0 radical (unpaired) electrons. The second-order valence-electron chi connectivity index (χ2n) is 18.4. The van der Waals surface area contributed by atoms with Gasteiger partial charge in [-0.2, -0.15) is 0 Å². The van der Waals surface area contributed by atoms with Gasteiger partial charge in [-0.15, -0.1) is 11.3 Å². The first-order valence-corrected chi connectivity index (χ1v) is 23.8. The number of fused-ring (bicyclic) bond motifs is 9. The molecule has 66 heavy (non-hydrogen) atoms. The minimum atomic E-state index is -0.514. The standard InChI is InChI=1S/C64H45NS/c1-63(2)55-29-12-9-24-50(55)51-39-36-43(41-58(51)63)42-34-37-47(38-35-42)65(48-23-15-18-44(40-48)49-27-16-28-53-52-25-11-14-33-60(52)66-62(49)53)59-32-17-31-57-61(59)54-26-10-13-30-56(54)64(57,45-19-5-3-6-20-45)46-21-7-4-8-22-46/h3-41H,1-2H3. The summed E-state index contributed by atoms with van der Waals surface area (Å²) in [5.74, 6) is 0. The molecular formula is C64H45NS. The molecule has 0 fully saturated rings. The fraction of sp³-hybridized carbons (Fsp3) is 0.0625. The van der Waals surface area contributed by atoms with Crippen molar-refractivity contribution in [3.8, 4) is 44.5 Å². The Labute approximate surface area is 390 Å². The minimum Gasteiger partial charge on any atom is -0.310 e. The van der Waals surface area contributed by atoms with Gasteiger partial charge in [-0.1, -0.05) is 208 Å². The molecule has 0 saturated heterocycles. The van der Waals surface area contributed by atoms with Crippen molar-refractivity contribution < 1.29 is 0 Å². The number of benzene rings is 10. The van der Waals surface area contributed by atoms with Gasteiger partial charge in [0.2, 0.25) is 0 Å². The second kappa shape index (κ2) is 14.9. The van der Waals surface area contributed by atoms with E-state index in [1.165, 1.54) is 98.1 Å². The van der Waals surface area contributed by atoms with Gasteiger partial charge in [0.05, 0.1) is 11.1 Å².